The molecule has 7 nitrogen and oxygen atoms in total. The largest absolute Gasteiger partial charge is 0.410 e. The van der Waals surface area contributed by atoms with Gasteiger partial charge in [0.1, 0.15) is 5.82 Å². The third-order valence-corrected chi connectivity index (χ3v) is 6.95. The zero-order valence-corrected chi connectivity index (χ0v) is 18.3. The topological polar surface area (TPSA) is 71.4 Å². The van der Waals surface area contributed by atoms with Crippen LogP contribution in [-0.4, -0.2) is 66.2 Å². The molecule has 2 aliphatic rings. The molecule has 4 heterocycles. The lowest BCUT2D eigenvalue weighted by Crippen LogP contribution is -2.41. The minimum absolute atomic E-state index is 0.0550. The normalized spacial score (nSPS) is 22.4. The lowest BCUT2D eigenvalue weighted by Gasteiger charge is -2.33. The van der Waals surface area contributed by atoms with Crippen LogP contribution < -0.4 is 10.6 Å². The van der Waals surface area contributed by atoms with Crippen molar-refractivity contribution in [3.8, 4) is 0 Å². The number of amides is 1. The Kier molecular flexibility index (Phi) is 6.37. The van der Waals surface area contributed by atoms with Gasteiger partial charge in [-0.3, -0.25) is 9.69 Å². The SMILES string of the molecule is O=C(NCCN1CCOCC1)c1nn2c(c1Br)N[C@H](c1cccs1)C[C@H]2C(F)(F)F. The maximum absolute atomic E-state index is 13.8. The van der Waals surface area contributed by atoms with Gasteiger partial charge in [-0.2, -0.15) is 18.3 Å². The zero-order valence-electron chi connectivity index (χ0n) is 15.9. The van der Waals surface area contributed by atoms with Crippen molar-refractivity contribution in [1.29, 1.82) is 0 Å². The van der Waals surface area contributed by atoms with Crippen molar-refractivity contribution in [2.45, 2.75) is 24.7 Å². The molecule has 4 rings (SSSR count). The summed E-state index contributed by atoms with van der Waals surface area (Å²) < 4.78 is 47.7. The van der Waals surface area contributed by atoms with Gasteiger partial charge in [-0.25, -0.2) is 4.68 Å². The van der Waals surface area contributed by atoms with Gasteiger partial charge in [-0.1, -0.05) is 6.07 Å². The number of hydrogen-bond acceptors (Lipinski definition) is 6. The molecule has 1 amide bonds. The van der Waals surface area contributed by atoms with Crippen molar-refractivity contribution in [2.24, 2.45) is 0 Å². The van der Waals surface area contributed by atoms with E-state index in [9.17, 15) is 18.0 Å². The highest BCUT2D eigenvalue weighted by Gasteiger charge is 2.47. The maximum atomic E-state index is 13.8. The summed E-state index contributed by atoms with van der Waals surface area (Å²) in [5, 5.41) is 11.7. The van der Waals surface area contributed by atoms with E-state index in [1.165, 1.54) is 11.3 Å². The third-order valence-electron chi connectivity index (χ3n) is 5.21. The number of nitrogens with zero attached hydrogens (tertiary/aromatic N) is 3. The van der Waals surface area contributed by atoms with Crippen LogP contribution in [0.1, 0.15) is 33.9 Å². The molecule has 30 heavy (non-hydrogen) atoms. The summed E-state index contributed by atoms with van der Waals surface area (Å²) in [5.41, 5.74) is -0.0550. The van der Waals surface area contributed by atoms with Crippen LogP contribution in [0.3, 0.4) is 0 Å². The quantitative estimate of drug-likeness (QED) is 0.648. The Balaban J connectivity index is 1.51. The van der Waals surface area contributed by atoms with Crippen LogP contribution in [0.2, 0.25) is 0 Å². The van der Waals surface area contributed by atoms with Crippen LogP contribution in [0.5, 0.6) is 0 Å². The molecule has 0 aliphatic carbocycles. The molecule has 0 saturated carbocycles. The molecule has 2 atom stereocenters. The number of rotatable bonds is 5. The van der Waals surface area contributed by atoms with E-state index in [4.69, 9.17) is 4.74 Å². The molecule has 0 radical (unpaired) electrons. The van der Waals surface area contributed by atoms with Crippen molar-refractivity contribution in [3.05, 3.63) is 32.6 Å². The summed E-state index contributed by atoms with van der Waals surface area (Å²) in [6, 6.07) is 1.29. The summed E-state index contributed by atoms with van der Waals surface area (Å²) in [6.45, 7) is 3.91. The number of alkyl halides is 3. The van der Waals surface area contributed by atoms with Crippen LogP contribution in [0.25, 0.3) is 0 Å². The number of carbonyl (C=O) groups is 1. The van der Waals surface area contributed by atoms with Gasteiger partial charge in [0.15, 0.2) is 11.7 Å². The average molecular weight is 508 g/mol. The van der Waals surface area contributed by atoms with Crippen molar-refractivity contribution in [2.75, 3.05) is 44.7 Å². The minimum atomic E-state index is -4.48. The molecule has 2 N–H and O–H groups in total. The number of anilines is 1. The molecule has 0 bridgehead atoms. The number of aromatic nitrogens is 2. The first-order chi connectivity index (χ1) is 14.3. The summed E-state index contributed by atoms with van der Waals surface area (Å²) in [5.74, 6) is -0.340. The van der Waals surface area contributed by atoms with Gasteiger partial charge in [0, 0.05) is 37.5 Å². The number of fused-ring (bicyclic) bond motifs is 1. The molecule has 2 aromatic rings. The highest BCUT2D eigenvalue weighted by atomic mass is 79.9. The van der Waals surface area contributed by atoms with Gasteiger partial charge in [-0.15, -0.1) is 11.3 Å². The Bertz CT molecular complexity index is 883. The van der Waals surface area contributed by atoms with E-state index in [2.05, 4.69) is 36.6 Å². The van der Waals surface area contributed by atoms with E-state index >= 15 is 0 Å². The summed E-state index contributed by atoms with van der Waals surface area (Å²) in [7, 11) is 0. The van der Waals surface area contributed by atoms with Gasteiger partial charge in [0.2, 0.25) is 0 Å². The number of halogens is 4. The fourth-order valence-corrected chi connectivity index (χ4v) is 4.99. The first kappa shape index (κ1) is 21.6. The van der Waals surface area contributed by atoms with E-state index < -0.39 is 24.2 Å². The van der Waals surface area contributed by atoms with Crippen LogP contribution >= 0.6 is 27.3 Å². The molecular weight excluding hydrogens is 487 g/mol. The Hall–Kier alpha value is -1.63. The Labute approximate surface area is 183 Å². The van der Waals surface area contributed by atoms with E-state index in [1.54, 1.807) is 12.1 Å². The predicted octanol–water partition coefficient (Wildman–Crippen LogP) is 3.43. The van der Waals surface area contributed by atoms with Crippen molar-refractivity contribution >= 4 is 39.0 Å². The Morgan fingerprint density at radius 2 is 2.17 bits per heavy atom. The lowest BCUT2D eigenvalue weighted by atomic mass is 10.0. The van der Waals surface area contributed by atoms with Gasteiger partial charge in [-0.05, 0) is 27.4 Å². The fourth-order valence-electron chi connectivity index (χ4n) is 3.65. The molecular formula is C18H21BrF3N5O2S. The van der Waals surface area contributed by atoms with E-state index in [-0.39, 0.29) is 22.4 Å². The number of carbonyl (C=O) groups excluding carboxylic acids is 1. The monoisotopic (exact) mass is 507 g/mol. The first-order valence-electron chi connectivity index (χ1n) is 9.57. The molecule has 0 unspecified atom stereocenters. The van der Waals surface area contributed by atoms with Crippen LogP contribution in [0, 0.1) is 0 Å². The highest BCUT2D eigenvalue weighted by Crippen LogP contribution is 2.46. The predicted molar refractivity (Wildman–Crippen MR) is 110 cm³/mol. The van der Waals surface area contributed by atoms with Crippen LogP contribution in [0.15, 0.2) is 22.0 Å². The summed E-state index contributed by atoms with van der Waals surface area (Å²) in [6.07, 6.45) is -4.68. The zero-order chi connectivity index (χ0) is 21.3. The van der Waals surface area contributed by atoms with Gasteiger partial charge >= 0.3 is 6.18 Å². The van der Waals surface area contributed by atoms with E-state index in [0.717, 1.165) is 22.6 Å². The van der Waals surface area contributed by atoms with Crippen molar-refractivity contribution in [1.82, 2.24) is 20.0 Å². The Morgan fingerprint density at radius 3 is 2.83 bits per heavy atom. The molecule has 0 aromatic carbocycles. The standard InChI is InChI=1S/C18H21BrF3N5O2S/c19-14-15(17(28)23-3-4-26-5-7-29-8-6-26)25-27-13(18(20,21)22)10-11(24-16(14)27)12-2-1-9-30-12/h1-2,9,11,13,24H,3-8,10H2,(H,23,28)/t11-,13-/m0/s1. The molecule has 1 saturated heterocycles. The lowest BCUT2D eigenvalue weighted by molar-refractivity contribution is -0.173. The van der Waals surface area contributed by atoms with Gasteiger partial charge in [0.25, 0.3) is 5.91 Å². The van der Waals surface area contributed by atoms with Crippen molar-refractivity contribution in [3.63, 3.8) is 0 Å². The molecule has 164 valence electrons. The summed E-state index contributed by atoms with van der Waals surface area (Å²) >= 11 is 4.69. The molecule has 0 spiro atoms. The second kappa shape index (κ2) is 8.85. The average Bonchev–Trinajstić information content (AvgIpc) is 3.36. The minimum Gasteiger partial charge on any atom is -0.379 e. The second-order valence-electron chi connectivity index (χ2n) is 7.17. The summed E-state index contributed by atoms with van der Waals surface area (Å²) in [4.78, 5) is 15.6. The number of morpholine rings is 1. The smallest absolute Gasteiger partial charge is 0.379 e. The third kappa shape index (κ3) is 4.51. The van der Waals surface area contributed by atoms with E-state index in [1.807, 2.05) is 5.38 Å². The number of nitrogens with one attached hydrogen (secondary N) is 2. The van der Waals surface area contributed by atoms with Crippen LogP contribution in [0.4, 0.5) is 19.0 Å². The number of hydrogen-bond donors (Lipinski definition) is 2. The molecule has 2 aromatic heterocycles. The van der Waals surface area contributed by atoms with E-state index in [0.29, 0.717) is 26.3 Å². The van der Waals surface area contributed by atoms with Crippen LogP contribution in [-0.2, 0) is 4.74 Å². The molecule has 2 aliphatic heterocycles. The fraction of sp³-hybridized carbons (Fsp3) is 0.556. The highest BCUT2D eigenvalue weighted by molar-refractivity contribution is 9.10. The second-order valence-corrected chi connectivity index (χ2v) is 8.94. The molecule has 1 fully saturated rings. The number of ether oxygens (including phenoxy) is 1. The number of thiophene rings is 1. The first-order valence-corrected chi connectivity index (χ1v) is 11.2. The van der Waals surface area contributed by atoms with Gasteiger partial charge in [0.05, 0.1) is 23.7 Å². The molecule has 12 heteroatoms. The maximum Gasteiger partial charge on any atom is 0.410 e. The van der Waals surface area contributed by atoms with Gasteiger partial charge < -0.3 is 15.4 Å². The Morgan fingerprint density at radius 1 is 1.40 bits per heavy atom. The van der Waals surface area contributed by atoms with Crippen molar-refractivity contribution < 1.29 is 22.7 Å².